The quantitative estimate of drug-likeness (QED) is 0.730. The van der Waals surface area contributed by atoms with Crippen LogP contribution in [0.1, 0.15) is 17.5 Å². The second-order valence-electron chi connectivity index (χ2n) is 3.53. The minimum atomic E-state index is -0.623. The van der Waals surface area contributed by atoms with Crippen molar-refractivity contribution in [2.24, 2.45) is 11.5 Å². The lowest BCUT2D eigenvalue weighted by atomic mass is 10.0. The maximum atomic E-state index is 11.1. The van der Waals surface area contributed by atoms with Gasteiger partial charge in [0.25, 0.3) is 0 Å². The molecule has 16 heavy (non-hydrogen) atoms. The van der Waals surface area contributed by atoms with E-state index in [9.17, 15) is 9.59 Å². The first-order chi connectivity index (χ1) is 7.50. The standard InChI is InChI=1S/C12H14N2O2/c1-8-4-2-3-5-9(8)6-10(12(14)16)7-11(13)15/h2-6H,7H2,1H3,(H2,13,15)(H2,14,16). The molecule has 0 radical (unpaired) electrons. The third kappa shape index (κ3) is 3.24. The number of aryl methyl sites for hydroxylation is 1. The van der Waals surface area contributed by atoms with Crippen LogP contribution in [0, 0.1) is 6.92 Å². The Kier molecular flexibility index (Phi) is 3.83. The summed E-state index contributed by atoms with van der Waals surface area (Å²) >= 11 is 0. The number of hydrogen-bond acceptors (Lipinski definition) is 2. The Hall–Kier alpha value is -2.10. The number of primary amides is 2. The molecule has 4 nitrogen and oxygen atoms in total. The summed E-state index contributed by atoms with van der Waals surface area (Å²) < 4.78 is 0. The largest absolute Gasteiger partial charge is 0.369 e. The second-order valence-corrected chi connectivity index (χ2v) is 3.53. The maximum Gasteiger partial charge on any atom is 0.245 e. The molecule has 0 heterocycles. The Balaban J connectivity index is 3.07. The molecule has 0 aliphatic carbocycles. The van der Waals surface area contributed by atoms with E-state index in [1.165, 1.54) is 0 Å². The Bertz CT molecular complexity index is 450. The van der Waals surface area contributed by atoms with Crippen LogP contribution in [0.4, 0.5) is 0 Å². The molecule has 0 atom stereocenters. The fourth-order valence-electron chi connectivity index (χ4n) is 1.33. The lowest BCUT2D eigenvalue weighted by Crippen LogP contribution is -2.20. The third-order valence-electron chi connectivity index (χ3n) is 2.20. The summed E-state index contributed by atoms with van der Waals surface area (Å²) in [5, 5.41) is 0. The summed E-state index contributed by atoms with van der Waals surface area (Å²) in [7, 11) is 0. The molecule has 1 aromatic rings. The van der Waals surface area contributed by atoms with Crippen LogP contribution >= 0.6 is 0 Å². The van der Waals surface area contributed by atoms with E-state index in [-0.39, 0.29) is 12.0 Å². The molecule has 0 saturated heterocycles. The van der Waals surface area contributed by atoms with Crippen molar-refractivity contribution in [1.29, 1.82) is 0 Å². The van der Waals surface area contributed by atoms with Gasteiger partial charge in [0.15, 0.2) is 0 Å². The molecule has 0 saturated carbocycles. The summed E-state index contributed by atoms with van der Waals surface area (Å²) in [4.78, 5) is 21.9. The lowest BCUT2D eigenvalue weighted by Gasteiger charge is -2.03. The zero-order chi connectivity index (χ0) is 12.1. The van der Waals surface area contributed by atoms with Crippen molar-refractivity contribution < 1.29 is 9.59 Å². The number of benzene rings is 1. The zero-order valence-corrected chi connectivity index (χ0v) is 9.07. The summed E-state index contributed by atoms with van der Waals surface area (Å²) in [6.07, 6.45) is 1.46. The van der Waals surface area contributed by atoms with Crippen molar-refractivity contribution in [3.8, 4) is 0 Å². The van der Waals surface area contributed by atoms with E-state index < -0.39 is 11.8 Å². The normalized spacial score (nSPS) is 11.2. The highest BCUT2D eigenvalue weighted by atomic mass is 16.2. The smallest absolute Gasteiger partial charge is 0.245 e. The molecule has 0 fully saturated rings. The van der Waals surface area contributed by atoms with Gasteiger partial charge in [-0.3, -0.25) is 9.59 Å². The molecule has 84 valence electrons. The number of nitrogens with two attached hydrogens (primary N) is 2. The van der Waals surface area contributed by atoms with Gasteiger partial charge in [-0.25, -0.2) is 0 Å². The molecule has 0 aliphatic rings. The predicted octanol–water partition coefficient (Wildman–Crippen LogP) is 0.739. The van der Waals surface area contributed by atoms with Crippen LogP contribution in [-0.2, 0) is 9.59 Å². The monoisotopic (exact) mass is 218 g/mol. The van der Waals surface area contributed by atoms with Crippen molar-refractivity contribution in [3.05, 3.63) is 41.0 Å². The van der Waals surface area contributed by atoms with Gasteiger partial charge in [-0.2, -0.15) is 0 Å². The molecule has 1 rings (SSSR count). The number of carbonyl (C=O) groups is 2. The van der Waals surface area contributed by atoms with E-state index in [4.69, 9.17) is 11.5 Å². The van der Waals surface area contributed by atoms with Crippen LogP contribution in [-0.4, -0.2) is 11.8 Å². The minimum Gasteiger partial charge on any atom is -0.369 e. The van der Waals surface area contributed by atoms with Gasteiger partial charge >= 0.3 is 0 Å². The Morgan fingerprint density at radius 3 is 2.38 bits per heavy atom. The SMILES string of the molecule is Cc1ccccc1C=C(CC(N)=O)C(N)=O. The van der Waals surface area contributed by atoms with Gasteiger partial charge in [-0.1, -0.05) is 24.3 Å². The van der Waals surface area contributed by atoms with E-state index in [1.807, 2.05) is 31.2 Å². The molecule has 4 N–H and O–H groups in total. The number of carbonyl (C=O) groups excluding carboxylic acids is 2. The molecule has 0 bridgehead atoms. The van der Waals surface area contributed by atoms with Gasteiger partial charge in [0.2, 0.25) is 11.8 Å². The zero-order valence-electron chi connectivity index (χ0n) is 9.07. The fourth-order valence-corrected chi connectivity index (χ4v) is 1.33. The van der Waals surface area contributed by atoms with E-state index >= 15 is 0 Å². The molecule has 0 aliphatic heterocycles. The average Bonchev–Trinajstić information content (AvgIpc) is 2.19. The average molecular weight is 218 g/mol. The first-order valence-electron chi connectivity index (χ1n) is 4.85. The first-order valence-corrected chi connectivity index (χ1v) is 4.85. The van der Waals surface area contributed by atoms with Gasteiger partial charge in [0.1, 0.15) is 0 Å². The molecule has 1 aromatic carbocycles. The van der Waals surface area contributed by atoms with Crippen molar-refractivity contribution in [2.75, 3.05) is 0 Å². The van der Waals surface area contributed by atoms with Crippen molar-refractivity contribution in [3.63, 3.8) is 0 Å². The number of amides is 2. The molecule has 4 heteroatoms. The summed E-state index contributed by atoms with van der Waals surface area (Å²) in [5.74, 6) is -1.19. The number of hydrogen-bond donors (Lipinski definition) is 2. The topological polar surface area (TPSA) is 86.2 Å². The molecule has 0 aromatic heterocycles. The van der Waals surface area contributed by atoms with Crippen LogP contribution in [0.15, 0.2) is 29.8 Å². The van der Waals surface area contributed by atoms with Gasteiger partial charge in [-0.05, 0) is 24.1 Å². The molecule has 2 amide bonds. The maximum absolute atomic E-state index is 11.1. The summed E-state index contributed by atoms with van der Waals surface area (Å²) in [6.45, 7) is 1.91. The first kappa shape index (κ1) is 12.0. The van der Waals surface area contributed by atoms with E-state index in [1.54, 1.807) is 6.08 Å². The molecule has 0 unspecified atom stereocenters. The lowest BCUT2D eigenvalue weighted by molar-refractivity contribution is -0.120. The van der Waals surface area contributed by atoms with E-state index in [0.717, 1.165) is 11.1 Å². The minimum absolute atomic E-state index is 0.135. The summed E-state index contributed by atoms with van der Waals surface area (Å²) in [5.41, 5.74) is 12.3. The predicted molar refractivity (Wildman–Crippen MR) is 62.2 cm³/mol. The highest BCUT2D eigenvalue weighted by molar-refractivity contribution is 6.01. The van der Waals surface area contributed by atoms with Gasteiger partial charge in [0, 0.05) is 5.57 Å². The van der Waals surface area contributed by atoms with Gasteiger partial charge < -0.3 is 11.5 Å². The molecular weight excluding hydrogens is 204 g/mol. The Labute approximate surface area is 93.9 Å². The van der Waals surface area contributed by atoms with Crippen molar-refractivity contribution >= 4 is 17.9 Å². The number of rotatable bonds is 4. The van der Waals surface area contributed by atoms with Gasteiger partial charge in [-0.15, -0.1) is 0 Å². The second kappa shape index (κ2) is 5.11. The van der Waals surface area contributed by atoms with Crippen molar-refractivity contribution in [2.45, 2.75) is 13.3 Å². The van der Waals surface area contributed by atoms with Crippen molar-refractivity contribution in [1.82, 2.24) is 0 Å². The molecular formula is C12H14N2O2. The van der Waals surface area contributed by atoms with Crippen LogP contribution in [0.3, 0.4) is 0 Å². The van der Waals surface area contributed by atoms with Crippen LogP contribution in [0.2, 0.25) is 0 Å². The molecule has 0 spiro atoms. The van der Waals surface area contributed by atoms with E-state index in [2.05, 4.69) is 0 Å². The Morgan fingerprint density at radius 1 is 1.25 bits per heavy atom. The Morgan fingerprint density at radius 2 is 1.88 bits per heavy atom. The summed E-state index contributed by atoms with van der Waals surface area (Å²) in [6, 6.07) is 7.50. The third-order valence-corrected chi connectivity index (χ3v) is 2.20. The van der Waals surface area contributed by atoms with Crippen LogP contribution in [0.5, 0.6) is 0 Å². The van der Waals surface area contributed by atoms with Crippen LogP contribution < -0.4 is 11.5 Å². The fraction of sp³-hybridized carbons (Fsp3) is 0.167. The van der Waals surface area contributed by atoms with Crippen LogP contribution in [0.25, 0.3) is 6.08 Å². The highest BCUT2D eigenvalue weighted by Gasteiger charge is 2.09. The van der Waals surface area contributed by atoms with E-state index in [0.29, 0.717) is 0 Å². The highest BCUT2D eigenvalue weighted by Crippen LogP contribution is 2.13. The van der Waals surface area contributed by atoms with Gasteiger partial charge in [0.05, 0.1) is 6.42 Å².